The zero-order valence-electron chi connectivity index (χ0n) is 25.8. The van der Waals surface area contributed by atoms with Gasteiger partial charge < -0.3 is 33.4 Å². The quantitative estimate of drug-likeness (QED) is 0.0913. The summed E-state index contributed by atoms with van der Waals surface area (Å²) in [5.74, 6) is -1.87. The Labute approximate surface area is 257 Å². The molecule has 0 aliphatic heterocycles. The second kappa shape index (κ2) is 16.1. The molecule has 0 aliphatic carbocycles. The number of quaternary nitrogens is 1. The predicted molar refractivity (Wildman–Crippen MR) is 164 cm³/mol. The monoisotopic (exact) mass is 631 g/mol. The van der Waals surface area contributed by atoms with Gasteiger partial charge in [0.25, 0.3) is 0 Å². The molecular formula is C31H41N3O9S. The van der Waals surface area contributed by atoms with E-state index in [1.54, 1.807) is 43.9 Å². The lowest BCUT2D eigenvalue weighted by Crippen LogP contribution is -2.45. The zero-order chi connectivity index (χ0) is 33.1. The maximum atomic E-state index is 12.6. The first-order chi connectivity index (χ1) is 20.5. The van der Waals surface area contributed by atoms with Crippen LogP contribution in [0.2, 0.25) is 0 Å². The van der Waals surface area contributed by atoms with Gasteiger partial charge in [-0.05, 0) is 57.0 Å². The molecule has 13 heteroatoms. The molecule has 0 spiro atoms. The molecule has 0 fully saturated rings. The molecule has 2 aromatic heterocycles. The fourth-order valence-electron chi connectivity index (χ4n) is 4.34. The number of carboxylic acid groups (broad SMARTS) is 2. The zero-order valence-corrected chi connectivity index (χ0v) is 26.6. The minimum atomic E-state index is -4.64. The first-order valence-electron chi connectivity index (χ1n) is 14.3. The van der Waals surface area contributed by atoms with E-state index in [0.29, 0.717) is 47.1 Å². The lowest BCUT2D eigenvalue weighted by Gasteiger charge is -2.23. The van der Waals surface area contributed by atoms with Crippen LogP contribution < -0.4 is 20.2 Å². The molecule has 0 aliphatic rings. The van der Waals surface area contributed by atoms with Crippen LogP contribution in [0.1, 0.15) is 50.8 Å². The number of anilines is 1. The van der Waals surface area contributed by atoms with Gasteiger partial charge in [-0.2, -0.15) is 4.57 Å². The summed E-state index contributed by atoms with van der Waals surface area (Å²) >= 11 is 0. The van der Waals surface area contributed by atoms with Gasteiger partial charge in [-0.3, -0.25) is 4.79 Å². The van der Waals surface area contributed by atoms with E-state index in [1.165, 1.54) is 18.3 Å². The summed E-state index contributed by atoms with van der Waals surface area (Å²) in [7, 11) is 0.763. The second-order valence-electron chi connectivity index (χ2n) is 11.2. The highest BCUT2D eigenvalue weighted by molar-refractivity contribution is 7.85. The maximum absolute atomic E-state index is 12.6. The number of pyridine rings is 1. The number of carboxylic acids is 2. The van der Waals surface area contributed by atoms with Crippen molar-refractivity contribution in [2.24, 2.45) is 0 Å². The molecule has 1 aromatic carbocycles. The van der Waals surface area contributed by atoms with Gasteiger partial charge in [-0.25, -0.2) is 13.2 Å². The first-order valence-corrected chi connectivity index (χ1v) is 15.7. The Balaban J connectivity index is 0.000000742. The van der Waals surface area contributed by atoms with Crippen LogP contribution in [-0.2, 0) is 26.3 Å². The number of hydrogen-bond acceptors (Lipinski definition) is 9. The molecule has 0 bridgehead atoms. The molecule has 0 atom stereocenters. The molecule has 3 rings (SSSR count). The summed E-state index contributed by atoms with van der Waals surface area (Å²) in [6.45, 7) is 6.22. The van der Waals surface area contributed by atoms with Crippen molar-refractivity contribution in [1.82, 2.24) is 0 Å². The van der Waals surface area contributed by atoms with Crippen molar-refractivity contribution in [2.45, 2.75) is 51.0 Å². The normalized spacial score (nSPS) is 11.8. The molecule has 12 nitrogen and oxygen atoms in total. The van der Waals surface area contributed by atoms with Crippen molar-refractivity contribution in [3.63, 3.8) is 0 Å². The molecule has 0 saturated carbocycles. The van der Waals surface area contributed by atoms with Gasteiger partial charge in [-0.1, -0.05) is 0 Å². The Morgan fingerprint density at radius 2 is 1.70 bits per heavy atom. The van der Waals surface area contributed by atoms with Gasteiger partial charge >= 0.3 is 11.6 Å². The number of likely N-dealkylation sites (N-methyl/N-ethyl adjacent to an activating group) is 1. The largest absolute Gasteiger partial charge is 0.744 e. The summed E-state index contributed by atoms with van der Waals surface area (Å²) in [6, 6.07) is 10.2. The third kappa shape index (κ3) is 11.9. The number of hydrogen-bond donors (Lipinski definition) is 1. The average Bonchev–Trinajstić information content (AvgIpc) is 2.91. The molecule has 3 aromatic rings. The number of aromatic nitrogens is 1. The number of aryl methyl sites for hydroxylation is 1. The Kier molecular flexibility index (Phi) is 13.2. The van der Waals surface area contributed by atoms with Gasteiger partial charge in [0.2, 0.25) is 5.69 Å². The number of carbonyl (C=O) groups excluding carboxylic acids is 1. The van der Waals surface area contributed by atoms with Gasteiger partial charge in [-0.15, -0.1) is 0 Å². The van der Waals surface area contributed by atoms with Crippen LogP contribution in [0.25, 0.3) is 23.1 Å². The number of unbranched alkanes of at least 4 members (excludes halogenated alkanes) is 2. The third-order valence-electron chi connectivity index (χ3n) is 6.52. The highest BCUT2D eigenvalue weighted by Gasteiger charge is 2.14. The van der Waals surface area contributed by atoms with Crippen molar-refractivity contribution in [3.8, 4) is 0 Å². The molecule has 0 saturated heterocycles. The predicted octanol–water partition coefficient (Wildman–Crippen LogP) is 2.09. The third-order valence-corrected chi connectivity index (χ3v) is 7.34. The lowest BCUT2D eigenvalue weighted by atomic mass is 10.1. The summed E-state index contributed by atoms with van der Waals surface area (Å²) < 4.78 is 42.1. The standard InChI is InChI=1S/C26H30N2O7S.C5H11NO2/c1-3-27(4-2)22-12-9-19-16-20(26(31)35-24(19)17-22)10-11-21-13-14-23(36(32,33)34)18-28(21)15-7-5-6-8-25(29)30;1-6(2,3)4-5(7)8/h9-14,16-18H,3-8,15H2,1-2H3,(H-,29,30,32,33,34);4H2,1-3H3. The molecule has 0 unspecified atom stereocenters. The van der Waals surface area contributed by atoms with Crippen molar-refractivity contribution < 1.29 is 46.2 Å². The number of nitrogens with zero attached hydrogens (tertiary/aromatic N) is 3. The number of aliphatic carboxylic acids is 2. The number of fused-ring (bicyclic) bond motifs is 1. The lowest BCUT2D eigenvalue weighted by molar-refractivity contribution is -0.864. The number of rotatable bonds is 14. The van der Waals surface area contributed by atoms with Crippen LogP contribution in [-0.4, -0.2) is 75.3 Å². The van der Waals surface area contributed by atoms with Gasteiger partial charge in [0.15, 0.2) is 6.20 Å². The number of benzene rings is 1. The van der Waals surface area contributed by atoms with Gasteiger partial charge in [0.1, 0.15) is 33.7 Å². The summed E-state index contributed by atoms with van der Waals surface area (Å²) in [6.07, 6.45) is 6.27. The molecule has 240 valence electrons. The Bertz CT molecular complexity index is 1640. The summed E-state index contributed by atoms with van der Waals surface area (Å²) in [5.41, 5.74) is 1.86. The highest BCUT2D eigenvalue weighted by atomic mass is 32.2. The molecule has 44 heavy (non-hydrogen) atoms. The molecule has 2 heterocycles. The van der Waals surface area contributed by atoms with E-state index in [-0.39, 0.29) is 17.9 Å². The Hall–Kier alpha value is -4.07. The fraction of sp³-hybridized carbons (Fsp3) is 0.419. The van der Waals surface area contributed by atoms with Crippen LogP contribution in [0, 0.1) is 0 Å². The van der Waals surface area contributed by atoms with Crippen molar-refractivity contribution >= 4 is 50.9 Å². The summed E-state index contributed by atoms with van der Waals surface area (Å²) in [4.78, 5) is 35.0. The Morgan fingerprint density at radius 1 is 1.02 bits per heavy atom. The second-order valence-corrected chi connectivity index (χ2v) is 12.6. The van der Waals surface area contributed by atoms with Crippen LogP contribution >= 0.6 is 0 Å². The van der Waals surface area contributed by atoms with E-state index < -0.39 is 27.7 Å². The minimum absolute atomic E-state index is 0.0561. The van der Waals surface area contributed by atoms with Crippen molar-refractivity contribution in [2.75, 3.05) is 45.7 Å². The molecular weight excluding hydrogens is 590 g/mol. The van der Waals surface area contributed by atoms with E-state index in [0.717, 1.165) is 24.2 Å². The van der Waals surface area contributed by atoms with Crippen LogP contribution in [0.3, 0.4) is 0 Å². The topological polar surface area (TPSA) is 172 Å². The SMILES string of the molecule is CCN(CC)c1ccc2cc(/C=C/c3ccc(S(=O)(=O)[O-])c[n+]3CCCCCC(=O)O)c(=O)oc2c1.C[N+](C)(C)CC(=O)[O-]. The van der Waals surface area contributed by atoms with Gasteiger partial charge in [0.05, 0.1) is 32.7 Å². The van der Waals surface area contributed by atoms with E-state index in [2.05, 4.69) is 18.7 Å². The minimum Gasteiger partial charge on any atom is -0.744 e. The van der Waals surface area contributed by atoms with Crippen LogP contribution in [0.5, 0.6) is 0 Å². The van der Waals surface area contributed by atoms with E-state index in [9.17, 15) is 32.5 Å². The highest BCUT2D eigenvalue weighted by Crippen LogP contribution is 2.22. The fourth-order valence-corrected chi connectivity index (χ4v) is 4.83. The van der Waals surface area contributed by atoms with E-state index in [4.69, 9.17) is 9.52 Å². The van der Waals surface area contributed by atoms with E-state index >= 15 is 0 Å². The average molecular weight is 632 g/mol. The van der Waals surface area contributed by atoms with E-state index in [1.807, 2.05) is 18.2 Å². The van der Waals surface area contributed by atoms with Gasteiger partial charge in [0, 0.05) is 55.2 Å². The van der Waals surface area contributed by atoms with Crippen LogP contribution in [0.4, 0.5) is 5.69 Å². The molecule has 0 amide bonds. The summed E-state index contributed by atoms with van der Waals surface area (Å²) in [5, 5.41) is 19.4. The van der Waals surface area contributed by atoms with Crippen molar-refractivity contribution in [3.05, 3.63) is 64.3 Å². The smallest absolute Gasteiger partial charge is 0.343 e. The maximum Gasteiger partial charge on any atom is 0.343 e. The van der Waals surface area contributed by atoms with Crippen LogP contribution in [0.15, 0.2) is 56.7 Å². The molecule has 0 radical (unpaired) electrons. The van der Waals surface area contributed by atoms with Crippen molar-refractivity contribution in [1.29, 1.82) is 0 Å². The first kappa shape index (κ1) is 36.1. The Morgan fingerprint density at radius 3 is 2.25 bits per heavy atom. The molecule has 1 N–H and O–H groups in total. The number of carbonyl (C=O) groups is 2.